The summed E-state index contributed by atoms with van der Waals surface area (Å²) in [6, 6.07) is 26.8. The number of anilines is 4. The van der Waals surface area contributed by atoms with Crippen LogP contribution in [0.3, 0.4) is 0 Å². The number of hydrogen-bond acceptors (Lipinski definition) is 10. The number of phenolic OH excluding ortho intramolecular Hbond substituents is 1. The largest absolute Gasteiger partial charge is 0.504 e. The lowest BCUT2D eigenvalue weighted by Crippen LogP contribution is -2.46. The van der Waals surface area contributed by atoms with E-state index in [-0.39, 0.29) is 45.1 Å². The number of carboxylic acid groups (broad SMARTS) is 1. The molecule has 1 unspecified atom stereocenters. The van der Waals surface area contributed by atoms with Gasteiger partial charge in [-0.1, -0.05) is 12.1 Å². The molecule has 0 radical (unpaired) electrons. The van der Waals surface area contributed by atoms with Crippen LogP contribution < -0.4 is 37.1 Å². The van der Waals surface area contributed by atoms with Crippen molar-refractivity contribution in [2.45, 2.75) is 39.3 Å². The third-order valence-corrected chi connectivity index (χ3v) is 9.00. The van der Waals surface area contributed by atoms with Gasteiger partial charge < -0.3 is 47.3 Å². The lowest BCUT2D eigenvalue weighted by atomic mass is 10.1. The summed E-state index contributed by atoms with van der Waals surface area (Å²) >= 11 is 0. The summed E-state index contributed by atoms with van der Waals surface area (Å²) in [7, 11) is 0. The topological polar surface area (TPSA) is 279 Å². The zero-order valence-corrected chi connectivity index (χ0v) is 34.0. The Kier molecular flexibility index (Phi) is 14.7. The van der Waals surface area contributed by atoms with Crippen molar-refractivity contribution in [2.24, 2.45) is 5.73 Å². The second-order valence-corrected chi connectivity index (χ2v) is 14.2. The number of nitriles is 1. The molecule has 0 aliphatic heterocycles. The Hall–Kier alpha value is -8.78. The van der Waals surface area contributed by atoms with Crippen molar-refractivity contribution in [1.82, 2.24) is 5.32 Å². The molecule has 0 saturated heterocycles. The Bertz CT molecular complexity index is 2640. The summed E-state index contributed by atoms with van der Waals surface area (Å²) in [5, 5.41) is 42.2. The van der Waals surface area contributed by atoms with E-state index >= 15 is 0 Å². The molecule has 0 spiro atoms. The normalized spacial score (nSPS) is 11.3. The minimum absolute atomic E-state index is 0.0197. The Morgan fingerprint density at radius 1 is 0.698 bits per heavy atom. The van der Waals surface area contributed by atoms with Crippen LogP contribution in [0, 0.1) is 11.3 Å². The molecule has 5 aromatic rings. The Labute approximate surface area is 360 Å². The predicted octanol–water partition coefficient (Wildman–Crippen LogP) is 5.91. The van der Waals surface area contributed by atoms with E-state index in [2.05, 4.69) is 26.6 Å². The maximum Gasteiger partial charge on any atom is 0.335 e. The molecule has 0 aliphatic carbocycles. The Morgan fingerprint density at radius 2 is 1.24 bits per heavy atom. The minimum atomic E-state index is -1.39. The lowest BCUT2D eigenvalue weighted by molar-refractivity contribution is -0.123. The molecule has 63 heavy (non-hydrogen) atoms. The van der Waals surface area contributed by atoms with E-state index in [1.807, 2.05) is 6.07 Å². The first-order chi connectivity index (χ1) is 30.0. The quantitative estimate of drug-likeness (QED) is 0.0541. The summed E-state index contributed by atoms with van der Waals surface area (Å²) in [6.07, 6.45) is 0.633. The first-order valence-electron chi connectivity index (χ1n) is 19.1. The zero-order chi connectivity index (χ0) is 45.8. The zero-order valence-electron chi connectivity index (χ0n) is 34.0. The predicted molar refractivity (Wildman–Crippen MR) is 233 cm³/mol. The van der Waals surface area contributed by atoms with Gasteiger partial charge in [-0.15, -0.1) is 0 Å². The van der Waals surface area contributed by atoms with E-state index in [1.165, 1.54) is 84.9 Å². The molecule has 0 saturated carbocycles. The van der Waals surface area contributed by atoms with Crippen LogP contribution in [-0.2, 0) is 14.4 Å². The molecular weight excluding hydrogens is 811 g/mol. The van der Waals surface area contributed by atoms with Gasteiger partial charge in [-0.2, -0.15) is 5.26 Å². The standard InChI is InChI=1S/C46H41N7O10/c1-25(2)63-40-36(21-20-35(39(40)55)44(59)50-33-18-12-31(13-19-33)46(61)62)52-42(57)29-10-16-34(17-11-29)51-45(60)37(23-38(48)54)53-43(58)30-8-14-32(15-9-30)49-41(56)26(3)22-27-4-6-28(24-47)7-5-27/h4-22,25,37,55H,23H2,1-3H3,(H2,48,54)(H,49,56)(H,50,59)(H,51,60)(H,52,57)(H,53,58)(H,61,62)/b26-22-. The molecule has 320 valence electrons. The molecule has 5 rings (SSSR count). The molecule has 17 heteroatoms. The van der Waals surface area contributed by atoms with Gasteiger partial charge in [0.1, 0.15) is 6.04 Å². The average molecular weight is 852 g/mol. The van der Waals surface area contributed by atoms with E-state index < -0.39 is 65.7 Å². The van der Waals surface area contributed by atoms with E-state index in [0.717, 1.165) is 5.56 Å². The third-order valence-electron chi connectivity index (χ3n) is 9.00. The molecule has 9 N–H and O–H groups in total. The number of hydrogen-bond donors (Lipinski definition) is 8. The summed E-state index contributed by atoms with van der Waals surface area (Å²) < 4.78 is 5.77. The molecule has 6 amide bonds. The SMILES string of the molecule is C/C(=C/c1ccc(C#N)cc1)C(=O)Nc1ccc(C(=O)NC(CC(N)=O)C(=O)Nc2ccc(C(=O)Nc3ccc(C(=O)Nc4ccc(C(=O)O)cc4)c(O)c3OC(C)C)cc2)cc1. The van der Waals surface area contributed by atoms with Crippen molar-refractivity contribution in [2.75, 3.05) is 21.3 Å². The number of nitrogens with zero attached hydrogens (tertiary/aromatic N) is 1. The first kappa shape index (κ1) is 45.3. The number of nitrogens with two attached hydrogens (primary N) is 1. The van der Waals surface area contributed by atoms with Gasteiger partial charge in [0.05, 0.1) is 41.0 Å². The van der Waals surface area contributed by atoms with Crippen molar-refractivity contribution in [3.05, 3.63) is 148 Å². The number of ether oxygens (including phenoxy) is 1. The van der Waals surface area contributed by atoms with Crippen LogP contribution in [-0.4, -0.2) is 63.8 Å². The number of primary amides is 1. The molecule has 0 aliphatic rings. The summed E-state index contributed by atoms with van der Waals surface area (Å²) in [5.74, 6) is -5.98. The number of phenols is 1. The van der Waals surface area contributed by atoms with E-state index in [1.54, 1.807) is 51.1 Å². The number of rotatable bonds is 16. The van der Waals surface area contributed by atoms with Gasteiger partial charge in [0.15, 0.2) is 11.5 Å². The first-order valence-corrected chi connectivity index (χ1v) is 19.1. The number of carbonyl (C=O) groups excluding carboxylic acids is 6. The monoisotopic (exact) mass is 851 g/mol. The van der Waals surface area contributed by atoms with E-state index in [4.69, 9.17) is 20.8 Å². The fourth-order valence-electron chi connectivity index (χ4n) is 5.79. The molecule has 1 atom stereocenters. The fourth-order valence-corrected chi connectivity index (χ4v) is 5.79. The highest BCUT2D eigenvalue weighted by atomic mass is 16.5. The number of carbonyl (C=O) groups is 7. The number of aromatic hydroxyl groups is 1. The van der Waals surface area contributed by atoms with Crippen LogP contribution in [0.2, 0.25) is 0 Å². The molecule has 0 fully saturated rings. The maximum absolute atomic E-state index is 13.3. The molecular formula is C46H41N7O10. The van der Waals surface area contributed by atoms with Gasteiger partial charge in [-0.05, 0) is 129 Å². The highest BCUT2D eigenvalue weighted by Gasteiger charge is 2.25. The Morgan fingerprint density at radius 3 is 1.78 bits per heavy atom. The van der Waals surface area contributed by atoms with Gasteiger partial charge in [0.2, 0.25) is 11.8 Å². The summed E-state index contributed by atoms with van der Waals surface area (Å²) in [4.78, 5) is 88.6. The van der Waals surface area contributed by atoms with E-state index in [0.29, 0.717) is 16.8 Å². The average Bonchev–Trinajstić information content (AvgIpc) is 3.25. The summed E-state index contributed by atoms with van der Waals surface area (Å²) in [6.45, 7) is 4.98. The van der Waals surface area contributed by atoms with Crippen molar-refractivity contribution in [3.63, 3.8) is 0 Å². The highest BCUT2D eigenvalue weighted by molar-refractivity contribution is 6.10. The van der Waals surface area contributed by atoms with Gasteiger partial charge >= 0.3 is 5.97 Å². The van der Waals surface area contributed by atoms with Crippen molar-refractivity contribution in [3.8, 4) is 17.6 Å². The third kappa shape index (κ3) is 12.4. The van der Waals surface area contributed by atoms with Crippen molar-refractivity contribution >= 4 is 70.2 Å². The number of nitrogens with one attached hydrogen (secondary N) is 5. The molecule has 0 bridgehead atoms. The van der Waals surface area contributed by atoms with Crippen LogP contribution in [0.15, 0.2) is 115 Å². The van der Waals surface area contributed by atoms with Gasteiger partial charge in [-0.25, -0.2) is 4.79 Å². The van der Waals surface area contributed by atoms with Crippen LogP contribution >= 0.6 is 0 Å². The van der Waals surface area contributed by atoms with E-state index in [9.17, 15) is 38.7 Å². The number of carboxylic acids is 1. The van der Waals surface area contributed by atoms with Gasteiger partial charge in [-0.3, -0.25) is 28.8 Å². The van der Waals surface area contributed by atoms with Crippen LogP contribution in [0.1, 0.15) is 79.8 Å². The van der Waals surface area contributed by atoms with Crippen molar-refractivity contribution in [1.29, 1.82) is 5.26 Å². The second-order valence-electron chi connectivity index (χ2n) is 14.2. The maximum atomic E-state index is 13.3. The molecule has 17 nitrogen and oxygen atoms in total. The molecule has 0 heterocycles. The summed E-state index contributed by atoms with van der Waals surface area (Å²) in [5.41, 5.74) is 7.98. The Balaban J connectivity index is 1.20. The van der Waals surface area contributed by atoms with Crippen molar-refractivity contribution < 1.29 is 48.5 Å². The molecule has 5 aromatic carbocycles. The number of benzene rings is 5. The van der Waals surface area contributed by atoms with Gasteiger partial charge in [0.25, 0.3) is 23.6 Å². The minimum Gasteiger partial charge on any atom is -0.504 e. The van der Waals surface area contributed by atoms with Crippen LogP contribution in [0.4, 0.5) is 22.7 Å². The molecule has 0 aromatic heterocycles. The second kappa shape index (κ2) is 20.5. The van der Waals surface area contributed by atoms with Gasteiger partial charge in [0, 0.05) is 33.8 Å². The fraction of sp³-hybridized carbons (Fsp3) is 0.130. The smallest absolute Gasteiger partial charge is 0.335 e. The number of amides is 6. The number of aromatic carboxylic acids is 1. The highest BCUT2D eigenvalue weighted by Crippen LogP contribution is 2.39. The van der Waals surface area contributed by atoms with Crippen LogP contribution in [0.25, 0.3) is 6.08 Å². The lowest BCUT2D eigenvalue weighted by Gasteiger charge is -2.19. The van der Waals surface area contributed by atoms with Crippen LogP contribution in [0.5, 0.6) is 11.5 Å².